The molecule has 4 nitrogen and oxygen atoms in total. The minimum Gasteiger partial charge on any atom is -0.506 e. The molecule has 2 N–H and O–H groups in total. The Morgan fingerprint density at radius 1 is 1.19 bits per heavy atom. The first-order valence-electron chi connectivity index (χ1n) is 6.18. The third-order valence-corrected chi connectivity index (χ3v) is 3.97. The number of ether oxygens (including phenoxy) is 2. The van der Waals surface area contributed by atoms with E-state index in [0.29, 0.717) is 33.2 Å². The van der Waals surface area contributed by atoms with Crippen molar-refractivity contribution in [2.45, 2.75) is 6.54 Å². The van der Waals surface area contributed by atoms with Crippen molar-refractivity contribution < 1.29 is 14.6 Å². The van der Waals surface area contributed by atoms with Crippen LogP contribution in [-0.4, -0.2) is 19.3 Å². The smallest absolute Gasteiger partial charge is 0.162 e. The molecular weight excluding hydrogens is 358 g/mol. The number of nitrogens with one attached hydrogen (secondary N) is 1. The first kappa shape index (κ1) is 15.8. The molecule has 0 atom stereocenters. The molecule has 0 radical (unpaired) electrons. The van der Waals surface area contributed by atoms with E-state index >= 15 is 0 Å². The molecule has 6 heteroatoms. The lowest BCUT2D eigenvalue weighted by Gasteiger charge is -2.14. The number of rotatable bonds is 5. The lowest BCUT2D eigenvalue weighted by molar-refractivity contribution is 0.355. The molecule has 2 rings (SSSR count). The van der Waals surface area contributed by atoms with E-state index in [9.17, 15) is 5.11 Å². The van der Waals surface area contributed by atoms with Gasteiger partial charge in [-0.1, -0.05) is 23.7 Å². The molecule has 2 aromatic rings. The highest BCUT2D eigenvalue weighted by molar-refractivity contribution is 9.10. The van der Waals surface area contributed by atoms with Crippen LogP contribution in [-0.2, 0) is 6.54 Å². The summed E-state index contributed by atoms with van der Waals surface area (Å²) < 4.78 is 11.1. The van der Waals surface area contributed by atoms with Gasteiger partial charge in [0.15, 0.2) is 11.5 Å². The maximum absolute atomic E-state index is 9.96. The van der Waals surface area contributed by atoms with Gasteiger partial charge in [-0.2, -0.15) is 0 Å². The molecule has 0 amide bonds. The van der Waals surface area contributed by atoms with Gasteiger partial charge < -0.3 is 19.9 Å². The summed E-state index contributed by atoms with van der Waals surface area (Å²) in [4.78, 5) is 0. The predicted molar refractivity (Wildman–Crippen MR) is 87.7 cm³/mol. The highest BCUT2D eigenvalue weighted by Crippen LogP contribution is 2.36. The fourth-order valence-electron chi connectivity index (χ4n) is 1.88. The fraction of sp³-hybridized carbons (Fsp3) is 0.200. The molecule has 0 aliphatic rings. The summed E-state index contributed by atoms with van der Waals surface area (Å²) in [6.45, 7) is 0.431. The lowest BCUT2D eigenvalue weighted by atomic mass is 10.2. The number of anilines is 1. The monoisotopic (exact) mass is 371 g/mol. The number of hydrogen-bond donors (Lipinski definition) is 2. The highest BCUT2D eigenvalue weighted by atomic mass is 79.9. The van der Waals surface area contributed by atoms with Crippen LogP contribution in [0.4, 0.5) is 5.69 Å². The third kappa shape index (κ3) is 3.54. The van der Waals surface area contributed by atoms with Gasteiger partial charge >= 0.3 is 0 Å². The maximum Gasteiger partial charge on any atom is 0.162 e. The van der Waals surface area contributed by atoms with Gasteiger partial charge in [0.25, 0.3) is 0 Å². The molecule has 0 aliphatic heterocycles. The van der Waals surface area contributed by atoms with Crippen molar-refractivity contribution in [1.29, 1.82) is 0 Å². The summed E-state index contributed by atoms with van der Waals surface area (Å²) >= 11 is 9.49. The Morgan fingerprint density at radius 3 is 2.52 bits per heavy atom. The van der Waals surface area contributed by atoms with Crippen LogP contribution in [0.3, 0.4) is 0 Å². The molecule has 21 heavy (non-hydrogen) atoms. The molecule has 0 saturated carbocycles. The van der Waals surface area contributed by atoms with Gasteiger partial charge in [-0.25, -0.2) is 0 Å². The van der Waals surface area contributed by atoms with Crippen molar-refractivity contribution in [3.63, 3.8) is 0 Å². The predicted octanol–water partition coefficient (Wildman–Crippen LogP) is 4.44. The van der Waals surface area contributed by atoms with E-state index in [4.69, 9.17) is 21.1 Å². The molecule has 0 aromatic heterocycles. The molecule has 0 aliphatic carbocycles. The van der Waals surface area contributed by atoms with Gasteiger partial charge in [0.2, 0.25) is 0 Å². The van der Waals surface area contributed by atoms with Crippen LogP contribution < -0.4 is 14.8 Å². The van der Waals surface area contributed by atoms with E-state index in [0.717, 1.165) is 5.56 Å². The quantitative estimate of drug-likeness (QED) is 0.815. The summed E-state index contributed by atoms with van der Waals surface area (Å²) in [6, 6.07) is 8.92. The van der Waals surface area contributed by atoms with Crippen LogP contribution >= 0.6 is 27.5 Å². The van der Waals surface area contributed by atoms with Crippen LogP contribution in [0, 0.1) is 0 Å². The highest BCUT2D eigenvalue weighted by Gasteiger charge is 2.11. The van der Waals surface area contributed by atoms with Crippen LogP contribution in [0.5, 0.6) is 17.2 Å². The zero-order valence-corrected chi connectivity index (χ0v) is 14.0. The molecule has 0 saturated heterocycles. The number of halogens is 2. The zero-order chi connectivity index (χ0) is 15.4. The summed E-state index contributed by atoms with van der Waals surface area (Å²) in [5, 5.41) is 13.7. The van der Waals surface area contributed by atoms with Gasteiger partial charge in [0.1, 0.15) is 5.75 Å². The molecule has 0 fully saturated rings. The normalized spacial score (nSPS) is 10.3. The van der Waals surface area contributed by atoms with Crippen LogP contribution in [0.1, 0.15) is 5.56 Å². The zero-order valence-electron chi connectivity index (χ0n) is 11.6. The van der Waals surface area contributed by atoms with Gasteiger partial charge in [-0.3, -0.25) is 0 Å². The van der Waals surface area contributed by atoms with E-state index in [-0.39, 0.29) is 5.75 Å². The average Bonchev–Trinajstić information content (AvgIpc) is 2.49. The molecule has 2 aromatic carbocycles. The lowest BCUT2D eigenvalue weighted by Crippen LogP contribution is -2.01. The van der Waals surface area contributed by atoms with E-state index in [1.54, 1.807) is 32.4 Å². The van der Waals surface area contributed by atoms with Crippen molar-refractivity contribution in [3.05, 3.63) is 45.4 Å². The van der Waals surface area contributed by atoms with Gasteiger partial charge in [-0.15, -0.1) is 0 Å². The molecule has 0 spiro atoms. The van der Waals surface area contributed by atoms with E-state index in [1.165, 1.54) is 0 Å². The number of benzene rings is 2. The molecule has 0 heterocycles. The second-order valence-corrected chi connectivity index (χ2v) is 5.55. The summed E-state index contributed by atoms with van der Waals surface area (Å²) in [6.07, 6.45) is 0. The number of para-hydroxylation sites is 1. The summed E-state index contributed by atoms with van der Waals surface area (Å²) in [7, 11) is 3.12. The first-order valence-corrected chi connectivity index (χ1v) is 7.35. The third-order valence-electron chi connectivity index (χ3n) is 3.01. The van der Waals surface area contributed by atoms with Crippen LogP contribution in [0.15, 0.2) is 34.8 Å². The Labute approximate surface area is 136 Å². The van der Waals surface area contributed by atoms with Crippen molar-refractivity contribution in [2.24, 2.45) is 0 Å². The fourth-order valence-corrected chi connectivity index (χ4v) is 2.51. The Hall–Kier alpha value is -1.59. The van der Waals surface area contributed by atoms with Crippen molar-refractivity contribution in [3.8, 4) is 17.2 Å². The number of aromatic hydroxyl groups is 1. The first-order chi connectivity index (χ1) is 10.1. The van der Waals surface area contributed by atoms with E-state index < -0.39 is 0 Å². The number of hydrogen-bond acceptors (Lipinski definition) is 4. The van der Waals surface area contributed by atoms with Crippen LogP contribution in [0.2, 0.25) is 5.02 Å². The van der Waals surface area contributed by atoms with Crippen LogP contribution in [0.25, 0.3) is 0 Å². The summed E-state index contributed by atoms with van der Waals surface area (Å²) in [5.74, 6) is 1.36. The number of phenolic OH excluding ortho intramolecular Hbond substituents is 1. The largest absolute Gasteiger partial charge is 0.506 e. The molecule has 112 valence electrons. The topological polar surface area (TPSA) is 50.7 Å². The molecular formula is C15H15BrClNO3. The SMILES string of the molecule is COc1cc(Cl)c(NCc2cccc(Br)c2O)cc1OC. The van der Waals surface area contributed by atoms with Crippen molar-refractivity contribution >= 4 is 33.2 Å². The van der Waals surface area contributed by atoms with Gasteiger partial charge in [-0.05, 0) is 22.0 Å². The van der Waals surface area contributed by atoms with Gasteiger partial charge in [0.05, 0.1) is 29.4 Å². The Morgan fingerprint density at radius 2 is 1.86 bits per heavy atom. The minimum atomic E-state index is 0.210. The van der Waals surface area contributed by atoms with Crippen molar-refractivity contribution in [2.75, 3.05) is 19.5 Å². The van der Waals surface area contributed by atoms with Gasteiger partial charge in [0, 0.05) is 24.2 Å². The Bertz CT molecular complexity index is 649. The summed E-state index contributed by atoms with van der Waals surface area (Å²) in [5.41, 5.74) is 1.46. The Balaban J connectivity index is 2.22. The molecule has 0 bridgehead atoms. The minimum absolute atomic E-state index is 0.210. The standard InChI is InChI=1S/C15H15BrClNO3/c1-20-13-6-11(17)12(7-14(13)21-2)18-8-9-4-3-5-10(16)15(9)19/h3-7,18-19H,8H2,1-2H3. The van der Waals surface area contributed by atoms with E-state index in [1.807, 2.05) is 12.1 Å². The number of phenols is 1. The van der Waals surface area contributed by atoms with Crippen molar-refractivity contribution in [1.82, 2.24) is 0 Å². The molecule has 0 unspecified atom stereocenters. The second-order valence-electron chi connectivity index (χ2n) is 4.29. The second kappa shape index (κ2) is 6.91. The Kier molecular flexibility index (Phi) is 5.20. The van der Waals surface area contributed by atoms with E-state index in [2.05, 4.69) is 21.2 Å². The maximum atomic E-state index is 9.96. The number of methoxy groups -OCH3 is 2. The average molecular weight is 373 g/mol.